The van der Waals surface area contributed by atoms with Gasteiger partial charge in [0.25, 0.3) is 0 Å². The van der Waals surface area contributed by atoms with Crippen molar-refractivity contribution in [3.8, 4) is 0 Å². The standard InChI is InChI=1S/C11H14BrN3/c1-13-4-3-8-5-9-7-14-15(2)11(9)10(12)6-8/h5-7,13H,3-4H2,1-2H3. The zero-order valence-corrected chi connectivity index (χ0v) is 10.5. The molecule has 80 valence electrons. The van der Waals surface area contributed by atoms with E-state index < -0.39 is 0 Å². The molecule has 0 aliphatic carbocycles. The highest BCUT2D eigenvalue weighted by molar-refractivity contribution is 9.10. The van der Waals surface area contributed by atoms with Crippen molar-refractivity contribution in [2.45, 2.75) is 6.42 Å². The Bertz CT molecular complexity index is 476. The van der Waals surface area contributed by atoms with E-state index in [-0.39, 0.29) is 0 Å². The summed E-state index contributed by atoms with van der Waals surface area (Å²) in [5, 5.41) is 8.59. The summed E-state index contributed by atoms with van der Waals surface area (Å²) in [4.78, 5) is 0. The molecule has 0 fully saturated rings. The number of nitrogens with one attached hydrogen (secondary N) is 1. The number of hydrogen-bond acceptors (Lipinski definition) is 2. The third kappa shape index (κ3) is 2.06. The average Bonchev–Trinajstić information content (AvgIpc) is 2.58. The van der Waals surface area contributed by atoms with Gasteiger partial charge in [0.2, 0.25) is 0 Å². The fourth-order valence-corrected chi connectivity index (χ4v) is 2.52. The van der Waals surface area contributed by atoms with Crippen LogP contribution in [-0.4, -0.2) is 23.4 Å². The van der Waals surface area contributed by atoms with Crippen molar-refractivity contribution in [3.05, 3.63) is 28.4 Å². The van der Waals surface area contributed by atoms with Crippen molar-refractivity contribution in [2.75, 3.05) is 13.6 Å². The number of likely N-dealkylation sites (N-methyl/N-ethyl adjacent to an activating group) is 1. The van der Waals surface area contributed by atoms with Crippen molar-refractivity contribution in [2.24, 2.45) is 7.05 Å². The van der Waals surface area contributed by atoms with E-state index in [2.05, 4.69) is 38.5 Å². The van der Waals surface area contributed by atoms with E-state index in [0.29, 0.717) is 0 Å². The highest BCUT2D eigenvalue weighted by Crippen LogP contribution is 2.25. The molecule has 0 spiro atoms. The van der Waals surface area contributed by atoms with Gasteiger partial charge in [0.15, 0.2) is 0 Å². The molecule has 0 saturated heterocycles. The molecule has 1 aromatic heterocycles. The third-order valence-corrected chi connectivity index (χ3v) is 3.11. The van der Waals surface area contributed by atoms with E-state index in [4.69, 9.17) is 0 Å². The summed E-state index contributed by atoms with van der Waals surface area (Å²) < 4.78 is 3.01. The molecular weight excluding hydrogens is 254 g/mol. The van der Waals surface area contributed by atoms with Gasteiger partial charge in [0.05, 0.1) is 11.7 Å². The first-order valence-electron chi connectivity index (χ1n) is 4.97. The van der Waals surface area contributed by atoms with Crippen LogP contribution in [0.4, 0.5) is 0 Å². The Hall–Kier alpha value is -0.870. The van der Waals surface area contributed by atoms with Gasteiger partial charge >= 0.3 is 0 Å². The smallest absolute Gasteiger partial charge is 0.0821 e. The van der Waals surface area contributed by atoms with Gasteiger partial charge in [0, 0.05) is 16.9 Å². The van der Waals surface area contributed by atoms with Crippen LogP contribution in [0, 0.1) is 0 Å². The molecular formula is C11H14BrN3. The summed E-state index contributed by atoms with van der Waals surface area (Å²) in [6.07, 6.45) is 2.95. The van der Waals surface area contributed by atoms with Crippen LogP contribution in [0.5, 0.6) is 0 Å². The van der Waals surface area contributed by atoms with Crippen LogP contribution in [0.25, 0.3) is 10.9 Å². The molecule has 2 aromatic rings. The summed E-state index contributed by atoms with van der Waals surface area (Å²) in [7, 11) is 3.93. The number of halogens is 1. The zero-order chi connectivity index (χ0) is 10.8. The Balaban J connectivity index is 2.44. The fraction of sp³-hybridized carbons (Fsp3) is 0.364. The molecule has 0 atom stereocenters. The number of fused-ring (bicyclic) bond motifs is 1. The molecule has 3 nitrogen and oxygen atoms in total. The third-order valence-electron chi connectivity index (χ3n) is 2.51. The van der Waals surface area contributed by atoms with Crippen LogP contribution < -0.4 is 5.32 Å². The van der Waals surface area contributed by atoms with E-state index in [0.717, 1.165) is 23.0 Å². The Morgan fingerprint density at radius 1 is 1.47 bits per heavy atom. The fourth-order valence-electron chi connectivity index (χ4n) is 1.74. The van der Waals surface area contributed by atoms with Crippen LogP contribution in [0.2, 0.25) is 0 Å². The maximum atomic E-state index is 4.25. The lowest BCUT2D eigenvalue weighted by Crippen LogP contribution is -2.10. The normalized spacial score (nSPS) is 11.1. The maximum absolute atomic E-state index is 4.25. The van der Waals surface area contributed by atoms with Crippen molar-refractivity contribution >= 4 is 26.8 Å². The highest BCUT2D eigenvalue weighted by atomic mass is 79.9. The molecule has 1 aromatic carbocycles. The van der Waals surface area contributed by atoms with Crippen LogP contribution in [0.15, 0.2) is 22.8 Å². The largest absolute Gasteiger partial charge is 0.319 e. The maximum Gasteiger partial charge on any atom is 0.0821 e. The van der Waals surface area contributed by atoms with Gasteiger partial charge in [-0.05, 0) is 53.6 Å². The number of hydrogen-bond donors (Lipinski definition) is 1. The van der Waals surface area contributed by atoms with Gasteiger partial charge in [-0.3, -0.25) is 4.68 Å². The van der Waals surface area contributed by atoms with E-state index >= 15 is 0 Å². The van der Waals surface area contributed by atoms with Crippen molar-refractivity contribution in [3.63, 3.8) is 0 Å². The van der Waals surface area contributed by atoms with Crippen LogP contribution >= 0.6 is 15.9 Å². The predicted molar refractivity (Wildman–Crippen MR) is 66.0 cm³/mol. The van der Waals surface area contributed by atoms with Crippen LogP contribution in [-0.2, 0) is 13.5 Å². The Morgan fingerprint density at radius 2 is 2.27 bits per heavy atom. The van der Waals surface area contributed by atoms with Crippen LogP contribution in [0.1, 0.15) is 5.56 Å². The SMILES string of the molecule is CNCCc1cc(Br)c2c(cnn2C)c1. The van der Waals surface area contributed by atoms with E-state index in [9.17, 15) is 0 Å². The molecule has 0 aliphatic rings. The van der Waals surface area contributed by atoms with E-state index in [1.54, 1.807) is 0 Å². The molecule has 15 heavy (non-hydrogen) atoms. The molecule has 0 aliphatic heterocycles. The molecule has 0 unspecified atom stereocenters. The summed E-state index contributed by atoms with van der Waals surface area (Å²) >= 11 is 3.59. The quantitative estimate of drug-likeness (QED) is 0.923. The number of benzene rings is 1. The van der Waals surface area contributed by atoms with Crippen molar-refractivity contribution < 1.29 is 0 Å². The Kier molecular flexibility index (Phi) is 3.07. The highest BCUT2D eigenvalue weighted by Gasteiger charge is 2.05. The molecule has 2 rings (SSSR count). The first kappa shape index (κ1) is 10.6. The molecule has 0 amide bonds. The number of rotatable bonds is 3. The van der Waals surface area contributed by atoms with E-state index in [1.165, 1.54) is 10.9 Å². The second-order valence-electron chi connectivity index (χ2n) is 3.64. The van der Waals surface area contributed by atoms with Gasteiger partial charge < -0.3 is 5.32 Å². The topological polar surface area (TPSA) is 29.9 Å². The molecule has 0 radical (unpaired) electrons. The van der Waals surface area contributed by atoms with E-state index in [1.807, 2.05) is 25.0 Å². The Morgan fingerprint density at radius 3 is 3.00 bits per heavy atom. The first-order chi connectivity index (χ1) is 7.22. The lowest BCUT2D eigenvalue weighted by molar-refractivity contribution is 0.789. The van der Waals surface area contributed by atoms with Gasteiger partial charge in [-0.25, -0.2) is 0 Å². The lowest BCUT2D eigenvalue weighted by atomic mass is 10.1. The zero-order valence-electron chi connectivity index (χ0n) is 8.92. The minimum atomic E-state index is 0.998. The second kappa shape index (κ2) is 4.33. The minimum Gasteiger partial charge on any atom is -0.319 e. The van der Waals surface area contributed by atoms with Gasteiger partial charge in [-0.1, -0.05) is 0 Å². The van der Waals surface area contributed by atoms with Gasteiger partial charge in [-0.2, -0.15) is 5.10 Å². The second-order valence-corrected chi connectivity index (χ2v) is 4.49. The minimum absolute atomic E-state index is 0.998. The van der Waals surface area contributed by atoms with Gasteiger partial charge in [-0.15, -0.1) is 0 Å². The summed E-state index contributed by atoms with van der Waals surface area (Å²) in [5.74, 6) is 0. The number of nitrogens with zero attached hydrogens (tertiary/aromatic N) is 2. The first-order valence-corrected chi connectivity index (χ1v) is 5.76. The average molecular weight is 268 g/mol. The molecule has 4 heteroatoms. The Labute approximate surface area is 97.6 Å². The van der Waals surface area contributed by atoms with Crippen molar-refractivity contribution in [1.82, 2.24) is 15.1 Å². The predicted octanol–water partition coefficient (Wildman–Crippen LogP) is 2.10. The number of aryl methyl sites for hydroxylation is 1. The van der Waals surface area contributed by atoms with Crippen molar-refractivity contribution in [1.29, 1.82) is 0 Å². The summed E-state index contributed by atoms with van der Waals surface area (Å²) in [6.45, 7) is 0.998. The van der Waals surface area contributed by atoms with Gasteiger partial charge in [0.1, 0.15) is 0 Å². The van der Waals surface area contributed by atoms with Crippen LogP contribution in [0.3, 0.4) is 0 Å². The molecule has 0 saturated carbocycles. The lowest BCUT2D eigenvalue weighted by Gasteiger charge is -2.04. The summed E-state index contributed by atoms with van der Waals surface area (Å²) in [5.41, 5.74) is 2.49. The molecule has 1 heterocycles. The monoisotopic (exact) mass is 267 g/mol. The summed E-state index contributed by atoms with van der Waals surface area (Å²) in [6, 6.07) is 4.37. The molecule has 1 N–H and O–H groups in total. The number of aromatic nitrogens is 2. The molecule has 0 bridgehead atoms.